The summed E-state index contributed by atoms with van der Waals surface area (Å²) < 4.78 is 0. The summed E-state index contributed by atoms with van der Waals surface area (Å²) in [5, 5.41) is 2.64. The van der Waals surface area contributed by atoms with E-state index in [0.29, 0.717) is 0 Å². The van der Waals surface area contributed by atoms with Gasteiger partial charge in [-0.05, 0) is 0 Å². The molecule has 0 nitrogen and oxygen atoms in total. The molecule has 0 aromatic carbocycles. The molecule has 0 aliphatic carbocycles. The molecule has 6 heavy (non-hydrogen) atoms. The normalized spacial score (nSPS) is 9.17. The predicted molar refractivity (Wildman–Crippen MR) is 27.8 cm³/mol. The Bertz CT molecular complexity index is 19.5. The number of unbranched alkanes of at least 4 members (excludes halogenated alkanes) is 1. The fraction of sp³-hybridized carbons (Fsp3) is 1.00. The van der Waals surface area contributed by atoms with Crippen LogP contribution in [0.3, 0.4) is 0 Å². The third kappa shape index (κ3) is 5.10. The molecule has 0 fully saturated rings. The van der Waals surface area contributed by atoms with Crippen molar-refractivity contribution in [1.29, 1.82) is 0 Å². The van der Waals surface area contributed by atoms with Gasteiger partial charge < -0.3 is 0 Å². The molecule has 0 amide bonds. The number of alkyl halides is 1. The summed E-state index contributed by atoms with van der Waals surface area (Å²) in [7, 11) is 0. The van der Waals surface area contributed by atoms with Crippen molar-refractivity contribution in [2.75, 3.05) is 5.33 Å². The monoisotopic (exact) mass is 199 g/mol. The number of hydrogen-bond donors (Lipinski definition) is 0. The third-order valence-corrected chi connectivity index (χ3v) is 2.24. The molecule has 0 aliphatic heterocycles. The third-order valence-electron chi connectivity index (χ3n) is 0.634. The van der Waals surface area contributed by atoms with Gasteiger partial charge in [0.25, 0.3) is 0 Å². The second-order valence-electron chi connectivity index (χ2n) is 1.25. The van der Waals surface area contributed by atoms with Crippen molar-refractivity contribution in [2.24, 2.45) is 0 Å². The van der Waals surface area contributed by atoms with Gasteiger partial charge in [0.1, 0.15) is 0 Å². The van der Waals surface area contributed by atoms with E-state index in [1.807, 2.05) is 0 Å². The van der Waals surface area contributed by atoms with E-state index in [2.05, 4.69) is 15.9 Å². The van der Waals surface area contributed by atoms with Gasteiger partial charge in [0.15, 0.2) is 0 Å². The number of rotatable bonds is 3. The molecule has 0 aliphatic rings. The summed E-state index contributed by atoms with van der Waals surface area (Å²) in [6.07, 6.45) is 2.78. The molecule has 0 radical (unpaired) electrons. The van der Waals surface area contributed by atoms with Crippen LogP contribution in [0.15, 0.2) is 0 Å². The zero-order valence-corrected chi connectivity index (χ0v) is 8.47. The van der Waals surface area contributed by atoms with Gasteiger partial charge in [-0.25, -0.2) is 0 Å². The fourth-order valence-corrected chi connectivity index (χ4v) is 1.41. The SMILES string of the molecule is [Zn][CH2]CCCBr. The van der Waals surface area contributed by atoms with Crippen LogP contribution < -0.4 is 0 Å². The molecule has 0 N–H and O–H groups in total. The average molecular weight is 201 g/mol. The molecule has 0 saturated carbocycles. The summed E-state index contributed by atoms with van der Waals surface area (Å²) >= 11 is 4.83. The Morgan fingerprint density at radius 2 is 2.00 bits per heavy atom. The summed E-state index contributed by atoms with van der Waals surface area (Å²) in [4.78, 5) is 0. The maximum absolute atomic E-state index is 3.36. The first-order valence-electron chi connectivity index (χ1n) is 2.27. The average Bonchev–Trinajstić information content (AvgIpc) is 1.61. The topological polar surface area (TPSA) is 0 Å². The molecule has 0 bridgehead atoms. The molecule has 0 aromatic heterocycles. The quantitative estimate of drug-likeness (QED) is 0.373. The van der Waals surface area contributed by atoms with Gasteiger partial charge in [0.05, 0.1) is 0 Å². The van der Waals surface area contributed by atoms with Gasteiger partial charge in [-0.15, -0.1) is 0 Å². The summed E-state index contributed by atoms with van der Waals surface area (Å²) in [6.45, 7) is 0. The molecule has 0 unspecified atom stereocenters. The molecule has 0 aromatic rings. The Hall–Kier alpha value is 1.10. The fourth-order valence-electron chi connectivity index (χ4n) is 0.271. The molecule has 0 spiro atoms. The van der Waals surface area contributed by atoms with Crippen molar-refractivity contribution < 1.29 is 18.3 Å². The van der Waals surface area contributed by atoms with Crippen LogP contribution in [0.4, 0.5) is 0 Å². The van der Waals surface area contributed by atoms with E-state index in [-0.39, 0.29) is 0 Å². The minimum absolute atomic E-state index is 1.19. The maximum atomic E-state index is 3.36. The molecule has 33 valence electrons. The number of hydrogen-bond acceptors (Lipinski definition) is 0. The Morgan fingerprint density at radius 3 is 2.17 bits per heavy atom. The van der Waals surface area contributed by atoms with Crippen molar-refractivity contribution in [3.05, 3.63) is 0 Å². The van der Waals surface area contributed by atoms with Gasteiger partial charge in [0.2, 0.25) is 0 Å². The second kappa shape index (κ2) is 6.10. The van der Waals surface area contributed by atoms with E-state index < -0.39 is 0 Å². The second-order valence-corrected chi connectivity index (χ2v) is 3.53. The van der Waals surface area contributed by atoms with Crippen LogP contribution in [0.1, 0.15) is 12.8 Å². The van der Waals surface area contributed by atoms with E-state index in [9.17, 15) is 0 Å². The predicted octanol–water partition coefficient (Wildman–Crippen LogP) is 2.13. The zero-order valence-electron chi connectivity index (χ0n) is 3.91. The molecule has 0 saturated heterocycles. The first-order chi connectivity index (χ1) is 2.91. The first-order valence-corrected chi connectivity index (χ1v) is 5.49. The van der Waals surface area contributed by atoms with E-state index in [1.54, 1.807) is 0 Å². The molecular formula is C4H8BrZn. The molecule has 0 rings (SSSR count). The van der Waals surface area contributed by atoms with Crippen LogP contribution in [0.25, 0.3) is 0 Å². The van der Waals surface area contributed by atoms with Crippen LogP contribution in [-0.4, -0.2) is 5.33 Å². The number of halogens is 1. The van der Waals surface area contributed by atoms with Gasteiger partial charge in [0, 0.05) is 0 Å². The molecular weight excluding hydrogens is 193 g/mol. The van der Waals surface area contributed by atoms with Crippen LogP contribution in [0.5, 0.6) is 0 Å². The summed E-state index contributed by atoms with van der Waals surface area (Å²) in [5.74, 6) is 0. The van der Waals surface area contributed by atoms with Gasteiger partial charge >= 0.3 is 57.4 Å². The van der Waals surface area contributed by atoms with E-state index in [0.717, 1.165) is 0 Å². The standard InChI is InChI=1S/C4H8Br.Zn/c1-2-3-4-5;/h1-4H2;. The van der Waals surface area contributed by atoms with Crippen LogP contribution in [0.2, 0.25) is 5.02 Å². The Labute approximate surface area is 57.5 Å². The van der Waals surface area contributed by atoms with Crippen molar-refractivity contribution in [3.8, 4) is 0 Å². The Balaban J connectivity index is 2.34. The molecule has 2 heteroatoms. The van der Waals surface area contributed by atoms with E-state index in [4.69, 9.17) is 0 Å². The van der Waals surface area contributed by atoms with Crippen LogP contribution >= 0.6 is 15.9 Å². The summed E-state index contributed by atoms with van der Waals surface area (Å²) in [6, 6.07) is 0. The Kier molecular flexibility index (Phi) is 7.23. The van der Waals surface area contributed by atoms with Crippen molar-refractivity contribution in [3.63, 3.8) is 0 Å². The first kappa shape index (κ1) is 7.10. The minimum atomic E-state index is 1.19. The summed E-state index contributed by atoms with van der Waals surface area (Å²) in [5.41, 5.74) is 0. The Morgan fingerprint density at radius 1 is 1.33 bits per heavy atom. The zero-order chi connectivity index (χ0) is 4.83. The van der Waals surface area contributed by atoms with Crippen LogP contribution in [-0.2, 0) is 18.3 Å². The van der Waals surface area contributed by atoms with Crippen molar-refractivity contribution in [1.82, 2.24) is 0 Å². The van der Waals surface area contributed by atoms with E-state index >= 15 is 0 Å². The van der Waals surface area contributed by atoms with Crippen molar-refractivity contribution in [2.45, 2.75) is 17.9 Å². The molecule has 0 heterocycles. The van der Waals surface area contributed by atoms with Crippen molar-refractivity contribution >= 4 is 15.9 Å². The van der Waals surface area contributed by atoms with Gasteiger partial charge in [-0.3, -0.25) is 0 Å². The van der Waals surface area contributed by atoms with Gasteiger partial charge in [-0.2, -0.15) is 0 Å². The van der Waals surface area contributed by atoms with E-state index in [1.165, 1.54) is 41.5 Å². The van der Waals surface area contributed by atoms with Gasteiger partial charge in [-0.1, -0.05) is 0 Å². The van der Waals surface area contributed by atoms with Crippen LogP contribution in [0, 0.1) is 0 Å². The molecule has 0 atom stereocenters.